The van der Waals surface area contributed by atoms with Gasteiger partial charge in [0.05, 0.1) is 18.6 Å². The summed E-state index contributed by atoms with van der Waals surface area (Å²) < 4.78 is 20.1. The lowest BCUT2D eigenvalue weighted by molar-refractivity contribution is -0.127. The van der Waals surface area contributed by atoms with Crippen molar-refractivity contribution in [2.24, 2.45) is 0 Å². The van der Waals surface area contributed by atoms with Crippen LogP contribution in [0.2, 0.25) is 0 Å². The first-order valence-corrected chi connectivity index (χ1v) is 9.21. The number of thioether (sulfide) groups is 1. The summed E-state index contributed by atoms with van der Waals surface area (Å²) in [6.45, 7) is 0.416. The standard InChI is InChI=1S/C19H19FN4O2S/c1-23(11-14-7-9-15(20)10-8-14)18(25)12-27-19-22-21-13-24(19)16-5-3-4-6-17(16)26-2/h3-10,13H,11-12H2,1-2H3. The molecule has 2 aromatic carbocycles. The lowest BCUT2D eigenvalue weighted by atomic mass is 10.2. The van der Waals surface area contributed by atoms with Crippen LogP contribution in [0.15, 0.2) is 60.0 Å². The van der Waals surface area contributed by atoms with E-state index in [2.05, 4.69) is 10.2 Å². The molecular weight excluding hydrogens is 367 g/mol. The van der Waals surface area contributed by atoms with E-state index < -0.39 is 0 Å². The molecule has 0 bridgehead atoms. The molecule has 8 heteroatoms. The number of halogens is 1. The number of amides is 1. The summed E-state index contributed by atoms with van der Waals surface area (Å²) in [7, 11) is 3.32. The van der Waals surface area contributed by atoms with Crippen LogP contribution in [-0.4, -0.2) is 45.5 Å². The molecule has 3 rings (SSSR count). The minimum atomic E-state index is -0.293. The Kier molecular flexibility index (Phi) is 6.08. The SMILES string of the molecule is COc1ccccc1-n1cnnc1SCC(=O)N(C)Cc1ccc(F)cc1. The van der Waals surface area contributed by atoms with Crippen LogP contribution in [0.1, 0.15) is 5.56 Å². The fraction of sp³-hybridized carbons (Fsp3) is 0.211. The Hall–Kier alpha value is -2.87. The maximum absolute atomic E-state index is 13.0. The minimum absolute atomic E-state index is 0.0566. The minimum Gasteiger partial charge on any atom is -0.495 e. The van der Waals surface area contributed by atoms with Crippen LogP contribution in [0.3, 0.4) is 0 Å². The molecule has 0 aliphatic heterocycles. The molecule has 0 fully saturated rings. The molecule has 0 saturated carbocycles. The van der Waals surface area contributed by atoms with Gasteiger partial charge in [-0.2, -0.15) is 0 Å². The van der Waals surface area contributed by atoms with Gasteiger partial charge >= 0.3 is 0 Å². The molecule has 0 N–H and O–H groups in total. The molecule has 0 spiro atoms. The molecule has 1 aromatic heterocycles. The van der Waals surface area contributed by atoms with E-state index in [-0.39, 0.29) is 17.5 Å². The van der Waals surface area contributed by atoms with Gasteiger partial charge in [-0.25, -0.2) is 4.39 Å². The van der Waals surface area contributed by atoms with Gasteiger partial charge in [-0.15, -0.1) is 10.2 Å². The monoisotopic (exact) mass is 386 g/mol. The van der Waals surface area contributed by atoms with Crippen molar-refractivity contribution in [2.75, 3.05) is 19.9 Å². The summed E-state index contributed by atoms with van der Waals surface area (Å²) in [5.41, 5.74) is 1.68. The molecule has 0 aliphatic rings. The molecule has 0 radical (unpaired) electrons. The molecule has 0 aliphatic carbocycles. The van der Waals surface area contributed by atoms with Crippen molar-refractivity contribution < 1.29 is 13.9 Å². The first kappa shape index (κ1) is 18.9. The highest BCUT2D eigenvalue weighted by Crippen LogP contribution is 2.26. The number of hydrogen-bond acceptors (Lipinski definition) is 5. The molecule has 140 valence electrons. The van der Waals surface area contributed by atoms with Gasteiger partial charge in [0, 0.05) is 13.6 Å². The van der Waals surface area contributed by atoms with E-state index in [9.17, 15) is 9.18 Å². The first-order chi connectivity index (χ1) is 13.1. The quantitative estimate of drug-likeness (QED) is 0.584. The van der Waals surface area contributed by atoms with Crippen molar-refractivity contribution in [1.82, 2.24) is 19.7 Å². The summed E-state index contributed by atoms with van der Waals surface area (Å²) in [6, 6.07) is 13.6. The number of para-hydroxylation sites is 2. The van der Waals surface area contributed by atoms with E-state index in [0.717, 1.165) is 11.3 Å². The largest absolute Gasteiger partial charge is 0.495 e. The van der Waals surface area contributed by atoms with Crippen LogP contribution in [0, 0.1) is 5.82 Å². The van der Waals surface area contributed by atoms with Gasteiger partial charge in [-0.3, -0.25) is 9.36 Å². The lowest BCUT2D eigenvalue weighted by Gasteiger charge is -2.17. The second-order valence-corrected chi connectivity index (χ2v) is 6.76. The maximum Gasteiger partial charge on any atom is 0.233 e. The third kappa shape index (κ3) is 4.65. The van der Waals surface area contributed by atoms with Crippen molar-refractivity contribution >= 4 is 17.7 Å². The molecule has 1 heterocycles. The number of benzene rings is 2. The number of hydrogen-bond donors (Lipinski definition) is 0. The normalized spacial score (nSPS) is 10.6. The zero-order chi connectivity index (χ0) is 19.2. The highest BCUT2D eigenvalue weighted by atomic mass is 32.2. The molecule has 0 atom stereocenters. The Morgan fingerprint density at radius 1 is 1.22 bits per heavy atom. The van der Waals surface area contributed by atoms with Gasteiger partial charge in [0.15, 0.2) is 5.16 Å². The van der Waals surface area contributed by atoms with Gasteiger partial charge in [0.25, 0.3) is 0 Å². The van der Waals surface area contributed by atoms with Gasteiger partial charge in [-0.05, 0) is 29.8 Å². The molecule has 6 nitrogen and oxygen atoms in total. The predicted octanol–water partition coefficient (Wildman–Crippen LogP) is 3.17. The Balaban J connectivity index is 1.64. The molecule has 1 amide bonds. The zero-order valence-electron chi connectivity index (χ0n) is 15.0. The fourth-order valence-electron chi connectivity index (χ4n) is 2.51. The number of methoxy groups -OCH3 is 1. The molecule has 0 saturated heterocycles. The third-order valence-corrected chi connectivity index (χ3v) is 4.87. The Morgan fingerprint density at radius 3 is 2.70 bits per heavy atom. The number of aromatic nitrogens is 3. The summed E-state index contributed by atoms with van der Waals surface area (Å²) in [4.78, 5) is 14.0. The Labute approximate surface area is 161 Å². The van der Waals surface area contributed by atoms with Crippen LogP contribution in [-0.2, 0) is 11.3 Å². The number of nitrogens with zero attached hydrogens (tertiary/aromatic N) is 4. The Bertz CT molecular complexity index is 914. The highest BCUT2D eigenvalue weighted by Gasteiger charge is 2.15. The van der Waals surface area contributed by atoms with E-state index in [1.165, 1.54) is 23.9 Å². The summed E-state index contributed by atoms with van der Waals surface area (Å²) >= 11 is 1.30. The zero-order valence-corrected chi connectivity index (χ0v) is 15.8. The van der Waals surface area contributed by atoms with E-state index >= 15 is 0 Å². The molecule has 27 heavy (non-hydrogen) atoms. The van der Waals surface area contributed by atoms with Crippen LogP contribution in [0.25, 0.3) is 5.69 Å². The van der Waals surface area contributed by atoms with Crippen molar-refractivity contribution in [2.45, 2.75) is 11.7 Å². The average Bonchev–Trinajstić information content (AvgIpc) is 3.16. The van der Waals surface area contributed by atoms with Crippen LogP contribution >= 0.6 is 11.8 Å². The lowest BCUT2D eigenvalue weighted by Crippen LogP contribution is -2.27. The van der Waals surface area contributed by atoms with Crippen LogP contribution < -0.4 is 4.74 Å². The summed E-state index contributed by atoms with van der Waals surface area (Å²) in [5.74, 6) is 0.558. The molecule has 3 aromatic rings. The third-order valence-electron chi connectivity index (χ3n) is 3.94. The first-order valence-electron chi connectivity index (χ1n) is 8.23. The van der Waals surface area contributed by atoms with Crippen LogP contribution in [0.5, 0.6) is 5.75 Å². The Morgan fingerprint density at radius 2 is 1.96 bits per heavy atom. The van der Waals surface area contributed by atoms with Crippen LogP contribution in [0.4, 0.5) is 4.39 Å². The van der Waals surface area contributed by atoms with Gasteiger partial charge in [0.1, 0.15) is 17.9 Å². The van der Waals surface area contributed by atoms with Crippen molar-refractivity contribution in [3.05, 3.63) is 66.2 Å². The number of rotatable bonds is 7. The fourth-order valence-corrected chi connectivity index (χ4v) is 3.37. The van der Waals surface area contributed by atoms with E-state index in [1.54, 1.807) is 42.1 Å². The maximum atomic E-state index is 13.0. The molecular formula is C19H19FN4O2S. The molecule has 0 unspecified atom stereocenters. The number of carbonyl (C=O) groups excluding carboxylic acids is 1. The van der Waals surface area contributed by atoms with Gasteiger partial charge < -0.3 is 9.64 Å². The van der Waals surface area contributed by atoms with Crippen molar-refractivity contribution in [3.8, 4) is 11.4 Å². The summed E-state index contributed by atoms with van der Waals surface area (Å²) in [5, 5.41) is 8.65. The number of ether oxygens (including phenoxy) is 1. The van der Waals surface area contributed by atoms with E-state index in [4.69, 9.17) is 4.74 Å². The second kappa shape index (κ2) is 8.68. The van der Waals surface area contributed by atoms with Gasteiger partial charge in [-0.1, -0.05) is 36.0 Å². The van der Waals surface area contributed by atoms with Crippen molar-refractivity contribution in [1.29, 1.82) is 0 Å². The summed E-state index contributed by atoms with van der Waals surface area (Å²) in [6.07, 6.45) is 1.59. The highest BCUT2D eigenvalue weighted by molar-refractivity contribution is 7.99. The predicted molar refractivity (Wildman–Crippen MR) is 102 cm³/mol. The second-order valence-electron chi connectivity index (χ2n) is 5.82. The van der Waals surface area contributed by atoms with Crippen molar-refractivity contribution in [3.63, 3.8) is 0 Å². The van der Waals surface area contributed by atoms with E-state index in [1.807, 2.05) is 24.3 Å². The topological polar surface area (TPSA) is 60.2 Å². The smallest absolute Gasteiger partial charge is 0.233 e. The van der Waals surface area contributed by atoms with Gasteiger partial charge in [0.2, 0.25) is 5.91 Å². The number of carbonyl (C=O) groups is 1. The average molecular weight is 386 g/mol. The van der Waals surface area contributed by atoms with E-state index in [0.29, 0.717) is 17.5 Å².